The predicted molar refractivity (Wildman–Crippen MR) is 116 cm³/mol. The van der Waals surface area contributed by atoms with Crippen LogP contribution in [0.2, 0.25) is 0 Å². The first-order chi connectivity index (χ1) is 14.2. The van der Waals surface area contributed by atoms with Gasteiger partial charge in [-0.25, -0.2) is 18.5 Å². The van der Waals surface area contributed by atoms with Crippen LogP contribution in [-0.2, 0) is 27.9 Å². The van der Waals surface area contributed by atoms with E-state index < -0.39 is 10.0 Å². The third kappa shape index (κ3) is 5.37. The monoisotopic (exact) mass is 436 g/mol. The molecule has 0 atom stereocenters. The number of hydrogen-bond donors (Lipinski definition) is 1. The summed E-state index contributed by atoms with van der Waals surface area (Å²) in [7, 11) is -0.204. The fourth-order valence-electron chi connectivity index (χ4n) is 3.66. The fraction of sp³-hybridized carbons (Fsp3) is 0.600. The highest BCUT2D eigenvalue weighted by atomic mass is 32.2. The van der Waals surface area contributed by atoms with Gasteiger partial charge in [-0.1, -0.05) is 13.3 Å². The lowest BCUT2D eigenvalue weighted by Gasteiger charge is -2.34. The van der Waals surface area contributed by atoms with Crippen LogP contribution in [0, 0.1) is 0 Å². The second-order valence-electron chi connectivity index (χ2n) is 8.07. The maximum absolute atomic E-state index is 11.9. The summed E-state index contributed by atoms with van der Waals surface area (Å²) >= 11 is 0. The molecule has 1 aromatic carbocycles. The molecule has 0 unspecified atom stereocenters. The van der Waals surface area contributed by atoms with E-state index in [0.29, 0.717) is 18.6 Å². The Morgan fingerprint density at radius 2 is 1.83 bits per heavy atom. The molecule has 2 N–H and O–H groups in total. The van der Waals surface area contributed by atoms with Crippen molar-refractivity contribution in [2.45, 2.75) is 37.8 Å². The molecule has 1 aromatic heterocycles. The molecule has 3 rings (SSSR count). The topological polar surface area (TPSA) is 105 Å². The van der Waals surface area contributed by atoms with Crippen molar-refractivity contribution in [1.29, 1.82) is 0 Å². The number of piperazine rings is 1. The normalized spacial score (nSPS) is 16.3. The number of imidazole rings is 1. The summed E-state index contributed by atoms with van der Waals surface area (Å²) in [5, 5.41) is 5.29. The number of aromatic nitrogens is 2. The molecule has 1 amide bonds. The Morgan fingerprint density at radius 3 is 2.43 bits per heavy atom. The smallest absolute Gasteiger partial charge is 0.238 e. The Bertz CT molecular complexity index is 993. The van der Waals surface area contributed by atoms with Gasteiger partial charge in [-0.05, 0) is 24.6 Å². The maximum atomic E-state index is 11.9. The van der Waals surface area contributed by atoms with Crippen molar-refractivity contribution in [3.63, 3.8) is 0 Å². The second kappa shape index (κ2) is 9.42. The highest BCUT2D eigenvalue weighted by molar-refractivity contribution is 7.89. The molecule has 1 fully saturated rings. The van der Waals surface area contributed by atoms with Gasteiger partial charge in [-0.15, -0.1) is 0 Å². The van der Waals surface area contributed by atoms with Crippen LogP contribution < -0.4 is 5.14 Å². The lowest BCUT2D eigenvalue weighted by atomic mass is 10.3. The average molecular weight is 437 g/mol. The van der Waals surface area contributed by atoms with Gasteiger partial charge in [0, 0.05) is 46.8 Å². The Morgan fingerprint density at radius 1 is 1.17 bits per heavy atom. The van der Waals surface area contributed by atoms with Gasteiger partial charge in [0.05, 0.1) is 29.0 Å². The van der Waals surface area contributed by atoms with Crippen molar-refractivity contribution in [3.8, 4) is 0 Å². The summed E-state index contributed by atoms with van der Waals surface area (Å²) in [4.78, 5) is 22.9. The van der Waals surface area contributed by atoms with E-state index in [4.69, 9.17) is 10.1 Å². The van der Waals surface area contributed by atoms with Gasteiger partial charge < -0.3 is 9.47 Å². The lowest BCUT2D eigenvalue weighted by Crippen LogP contribution is -2.49. The third-order valence-corrected chi connectivity index (χ3v) is 6.46. The highest BCUT2D eigenvalue weighted by Crippen LogP contribution is 2.22. The summed E-state index contributed by atoms with van der Waals surface area (Å²) in [6.07, 6.45) is 2.09. The second-order valence-corrected chi connectivity index (χ2v) is 9.63. The van der Waals surface area contributed by atoms with E-state index >= 15 is 0 Å². The number of fused-ring (bicyclic) bond motifs is 1. The number of hydrogen-bond acceptors (Lipinski definition) is 6. The van der Waals surface area contributed by atoms with Crippen LogP contribution in [0.15, 0.2) is 23.1 Å². The number of nitrogens with zero attached hydrogens (tertiary/aromatic N) is 5. The maximum Gasteiger partial charge on any atom is 0.238 e. The van der Waals surface area contributed by atoms with E-state index in [9.17, 15) is 13.2 Å². The van der Waals surface area contributed by atoms with Gasteiger partial charge in [0.2, 0.25) is 15.9 Å². The molecule has 0 bridgehead atoms. The van der Waals surface area contributed by atoms with Crippen LogP contribution in [0.5, 0.6) is 0 Å². The third-order valence-electron chi connectivity index (χ3n) is 5.55. The van der Waals surface area contributed by atoms with Crippen LogP contribution in [-0.4, -0.2) is 85.4 Å². The molecule has 166 valence electrons. The summed E-state index contributed by atoms with van der Waals surface area (Å²) in [5.41, 5.74) is 1.59. The number of sulfonamides is 1. The number of nitrogens with two attached hydrogens (primary N) is 1. The first-order valence-corrected chi connectivity index (χ1v) is 11.9. The number of carbonyl (C=O) groups excluding carboxylic acids is 1. The van der Waals surface area contributed by atoms with Crippen LogP contribution >= 0.6 is 0 Å². The Labute approximate surface area is 178 Å². The SMILES string of the molecule is CCCCn1c(CN2CCN(CC(=O)N(C)C)CC2)nc2cc(S(N)(=O)=O)ccc21. The molecular formula is C20H32N6O3S. The summed E-state index contributed by atoms with van der Waals surface area (Å²) in [6.45, 7) is 7.53. The quantitative estimate of drug-likeness (QED) is 0.653. The number of likely N-dealkylation sites (N-methyl/N-ethyl adjacent to an activating group) is 1. The largest absolute Gasteiger partial charge is 0.348 e. The number of primary sulfonamides is 1. The predicted octanol–water partition coefficient (Wildman–Crippen LogP) is 0.690. The van der Waals surface area contributed by atoms with Crippen molar-refractivity contribution in [2.24, 2.45) is 5.14 Å². The minimum atomic E-state index is -3.76. The molecule has 1 aliphatic heterocycles. The zero-order valence-electron chi connectivity index (χ0n) is 18.0. The minimum Gasteiger partial charge on any atom is -0.348 e. The first-order valence-electron chi connectivity index (χ1n) is 10.4. The number of benzene rings is 1. The van der Waals surface area contributed by atoms with Gasteiger partial charge in [0.1, 0.15) is 5.82 Å². The summed E-state index contributed by atoms with van der Waals surface area (Å²) < 4.78 is 25.6. The molecule has 1 aliphatic rings. The van der Waals surface area contributed by atoms with Gasteiger partial charge in [0.15, 0.2) is 0 Å². The molecule has 10 heteroatoms. The molecular weight excluding hydrogens is 404 g/mol. The van der Waals surface area contributed by atoms with Crippen molar-refractivity contribution in [1.82, 2.24) is 24.3 Å². The molecule has 0 radical (unpaired) electrons. The van der Waals surface area contributed by atoms with E-state index in [1.807, 2.05) is 0 Å². The highest BCUT2D eigenvalue weighted by Gasteiger charge is 2.22. The van der Waals surface area contributed by atoms with Crippen LogP contribution in [0.25, 0.3) is 11.0 Å². The lowest BCUT2D eigenvalue weighted by molar-refractivity contribution is -0.130. The van der Waals surface area contributed by atoms with E-state index in [2.05, 4.69) is 21.3 Å². The van der Waals surface area contributed by atoms with E-state index in [1.165, 1.54) is 0 Å². The van der Waals surface area contributed by atoms with Crippen molar-refractivity contribution >= 4 is 27.0 Å². The van der Waals surface area contributed by atoms with Gasteiger partial charge in [-0.3, -0.25) is 14.6 Å². The number of aryl methyl sites for hydroxylation is 1. The zero-order valence-corrected chi connectivity index (χ0v) is 18.9. The van der Waals surface area contributed by atoms with Crippen molar-refractivity contribution < 1.29 is 13.2 Å². The molecule has 0 saturated carbocycles. The minimum absolute atomic E-state index is 0.0841. The van der Waals surface area contributed by atoms with E-state index in [0.717, 1.165) is 56.9 Å². The molecule has 30 heavy (non-hydrogen) atoms. The Kier molecular flexibility index (Phi) is 7.12. The summed E-state index contributed by atoms with van der Waals surface area (Å²) in [5.74, 6) is 1.05. The van der Waals surface area contributed by atoms with Crippen LogP contribution in [0.3, 0.4) is 0 Å². The molecule has 0 aliphatic carbocycles. The Balaban J connectivity index is 1.75. The Hall–Kier alpha value is -2.01. The molecule has 2 heterocycles. The van der Waals surface area contributed by atoms with Crippen molar-refractivity contribution in [3.05, 3.63) is 24.0 Å². The van der Waals surface area contributed by atoms with E-state index in [1.54, 1.807) is 37.2 Å². The standard InChI is InChI=1S/C20H32N6O3S/c1-4-5-8-26-18-7-6-16(30(21,28)29)13-17(18)22-19(26)14-24-9-11-25(12-10-24)15-20(27)23(2)3/h6-7,13H,4-5,8-12,14-15H2,1-3H3,(H2,21,28,29). The van der Waals surface area contributed by atoms with Gasteiger partial charge >= 0.3 is 0 Å². The van der Waals surface area contributed by atoms with Crippen LogP contribution in [0.1, 0.15) is 25.6 Å². The molecule has 0 spiro atoms. The summed E-state index contributed by atoms with van der Waals surface area (Å²) in [6, 6.07) is 4.90. The number of unbranched alkanes of at least 4 members (excludes halogenated alkanes) is 1. The van der Waals surface area contributed by atoms with E-state index in [-0.39, 0.29) is 10.8 Å². The van der Waals surface area contributed by atoms with Gasteiger partial charge in [0.25, 0.3) is 0 Å². The number of carbonyl (C=O) groups is 1. The first kappa shape index (κ1) is 22.7. The molecule has 2 aromatic rings. The number of amides is 1. The fourth-order valence-corrected chi connectivity index (χ4v) is 4.19. The van der Waals surface area contributed by atoms with Gasteiger partial charge in [-0.2, -0.15) is 0 Å². The molecule has 1 saturated heterocycles. The zero-order chi connectivity index (χ0) is 21.9. The van der Waals surface area contributed by atoms with Crippen LogP contribution in [0.4, 0.5) is 0 Å². The molecule has 9 nitrogen and oxygen atoms in total. The van der Waals surface area contributed by atoms with Crippen molar-refractivity contribution in [2.75, 3.05) is 46.8 Å². The number of rotatable bonds is 8. The average Bonchev–Trinajstić information content (AvgIpc) is 3.03.